The zero-order valence-electron chi connectivity index (χ0n) is 11.3. The average Bonchev–Trinajstić information content (AvgIpc) is 2.41. The average molecular weight is 238 g/mol. The summed E-state index contributed by atoms with van der Waals surface area (Å²) in [5, 5.41) is 0. The fourth-order valence-corrected chi connectivity index (χ4v) is 2.40. The standard InChI is InChI=1S/C18H22/c1-15(2)13-14-18(16-9-5-3-6-10-16)17-11-7-4-8-12-17/h3-12,15,18H,13-14H2,1-2H3. The molecule has 0 aliphatic carbocycles. The summed E-state index contributed by atoms with van der Waals surface area (Å²) in [4.78, 5) is 0. The van der Waals surface area contributed by atoms with Crippen LogP contribution in [0.4, 0.5) is 0 Å². The lowest BCUT2D eigenvalue weighted by atomic mass is 9.86. The van der Waals surface area contributed by atoms with E-state index in [1.165, 1.54) is 24.0 Å². The molecule has 0 N–H and O–H groups in total. The van der Waals surface area contributed by atoms with E-state index in [0.717, 1.165) is 5.92 Å². The van der Waals surface area contributed by atoms with Crippen molar-refractivity contribution in [2.45, 2.75) is 32.6 Å². The van der Waals surface area contributed by atoms with Crippen molar-refractivity contribution in [2.75, 3.05) is 0 Å². The number of hydrogen-bond donors (Lipinski definition) is 0. The van der Waals surface area contributed by atoms with E-state index in [9.17, 15) is 0 Å². The van der Waals surface area contributed by atoms with E-state index in [0.29, 0.717) is 5.92 Å². The molecule has 0 unspecified atom stereocenters. The fourth-order valence-electron chi connectivity index (χ4n) is 2.40. The second-order valence-corrected chi connectivity index (χ2v) is 5.35. The quantitative estimate of drug-likeness (QED) is 0.667. The Balaban J connectivity index is 2.24. The smallest absolute Gasteiger partial charge is 0.00894 e. The molecule has 0 spiro atoms. The fraction of sp³-hybridized carbons (Fsp3) is 0.333. The van der Waals surface area contributed by atoms with Crippen LogP contribution in [0.15, 0.2) is 60.7 Å². The molecule has 0 aromatic heterocycles. The van der Waals surface area contributed by atoms with Gasteiger partial charge in [-0.15, -0.1) is 0 Å². The van der Waals surface area contributed by atoms with Gasteiger partial charge in [0.1, 0.15) is 0 Å². The van der Waals surface area contributed by atoms with E-state index in [-0.39, 0.29) is 0 Å². The van der Waals surface area contributed by atoms with Crippen molar-refractivity contribution in [1.29, 1.82) is 0 Å². The Morgan fingerprint density at radius 1 is 0.667 bits per heavy atom. The lowest BCUT2D eigenvalue weighted by Crippen LogP contribution is -2.03. The molecular weight excluding hydrogens is 216 g/mol. The Morgan fingerprint density at radius 2 is 1.11 bits per heavy atom. The molecular formula is C18H22. The molecule has 0 fully saturated rings. The van der Waals surface area contributed by atoms with Gasteiger partial charge in [-0.1, -0.05) is 80.9 Å². The highest BCUT2D eigenvalue weighted by atomic mass is 14.2. The van der Waals surface area contributed by atoms with Crippen LogP contribution in [-0.2, 0) is 0 Å². The minimum atomic E-state index is 0.537. The third-order valence-electron chi connectivity index (χ3n) is 3.44. The number of hydrogen-bond acceptors (Lipinski definition) is 0. The summed E-state index contributed by atoms with van der Waals surface area (Å²) < 4.78 is 0. The normalized spacial score (nSPS) is 11.1. The maximum Gasteiger partial charge on any atom is 0.00894 e. The van der Waals surface area contributed by atoms with Crippen LogP contribution in [0.1, 0.15) is 43.7 Å². The molecule has 0 aliphatic rings. The lowest BCUT2D eigenvalue weighted by molar-refractivity contribution is 0.529. The molecule has 94 valence electrons. The molecule has 0 saturated carbocycles. The summed E-state index contributed by atoms with van der Waals surface area (Å²) in [6, 6.07) is 21.7. The van der Waals surface area contributed by atoms with E-state index in [1.54, 1.807) is 0 Å². The zero-order valence-corrected chi connectivity index (χ0v) is 11.3. The molecule has 0 aliphatic heterocycles. The Bertz CT molecular complexity index is 402. The Kier molecular flexibility index (Phi) is 4.58. The SMILES string of the molecule is CC(C)CCC(c1ccccc1)c1ccccc1. The summed E-state index contributed by atoms with van der Waals surface area (Å²) in [7, 11) is 0. The number of benzene rings is 2. The first-order valence-corrected chi connectivity index (χ1v) is 6.87. The highest BCUT2D eigenvalue weighted by Gasteiger charge is 2.13. The van der Waals surface area contributed by atoms with Crippen LogP contribution in [0.25, 0.3) is 0 Å². The van der Waals surface area contributed by atoms with Crippen LogP contribution in [0.2, 0.25) is 0 Å². The Hall–Kier alpha value is -1.56. The molecule has 0 bridgehead atoms. The first-order chi connectivity index (χ1) is 8.77. The van der Waals surface area contributed by atoms with E-state index >= 15 is 0 Å². The van der Waals surface area contributed by atoms with Crippen molar-refractivity contribution in [1.82, 2.24) is 0 Å². The van der Waals surface area contributed by atoms with Gasteiger partial charge in [0.2, 0.25) is 0 Å². The van der Waals surface area contributed by atoms with Crippen LogP contribution in [0.3, 0.4) is 0 Å². The third kappa shape index (κ3) is 3.46. The van der Waals surface area contributed by atoms with E-state index < -0.39 is 0 Å². The van der Waals surface area contributed by atoms with Gasteiger partial charge in [0.15, 0.2) is 0 Å². The van der Waals surface area contributed by atoms with Crippen LogP contribution in [0.5, 0.6) is 0 Å². The van der Waals surface area contributed by atoms with Gasteiger partial charge in [-0.3, -0.25) is 0 Å². The molecule has 0 heteroatoms. The monoisotopic (exact) mass is 238 g/mol. The second kappa shape index (κ2) is 6.39. The highest BCUT2D eigenvalue weighted by molar-refractivity contribution is 5.32. The third-order valence-corrected chi connectivity index (χ3v) is 3.44. The van der Waals surface area contributed by atoms with Crippen molar-refractivity contribution < 1.29 is 0 Å². The highest BCUT2D eigenvalue weighted by Crippen LogP contribution is 2.30. The molecule has 0 heterocycles. The first kappa shape index (κ1) is 12.9. The summed E-state index contributed by atoms with van der Waals surface area (Å²) in [6.07, 6.45) is 2.50. The van der Waals surface area contributed by atoms with E-state index in [4.69, 9.17) is 0 Å². The van der Waals surface area contributed by atoms with E-state index in [1.807, 2.05) is 0 Å². The van der Waals surface area contributed by atoms with Gasteiger partial charge in [-0.05, 0) is 23.5 Å². The summed E-state index contributed by atoms with van der Waals surface area (Å²) in [5.41, 5.74) is 2.87. The van der Waals surface area contributed by atoms with Gasteiger partial charge in [-0.25, -0.2) is 0 Å². The van der Waals surface area contributed by atoms with Crippen LogP contribution in [0, 0.1) is 5.92 Å². The number of rotatable bonds is 5. The van der Waals surface area contributed by atoms with E-state index in [2.05, 4.69) is 74.5 Å². The molecule has 0 atom stereocenters. The van der Waals surface area contributed by atoms with Gasteiger partial charge < -0.3 is 0 Å². The second-order valence-electron chi connectivity index (χ2n) is 5.35. The zero-order chi connectivity index (χ0) is 12.8. The van der Waals surface area contributed by atoms with Crippen molar-refractivity contribution in [3.05, 3.63) is 71.8 Å². The first-order valence-electron chi connectivity index (χ1n) is 6.87. The molecule has 2 rings (SSSR count). The van der Waals surface area contributed by atoms with Crippen LogP contribution < -0.4 is 0 Å². The minimum absolute atomic E-state index is 0.537. The molecule has 0 nitrogen and oxygen atoms in total. The van der Waals surface area contributed by atoms with Gasteiger partial charge in [0.05, 0.1) is 0 Å². The van der Waals surface area contributed by atoms with Crippen molar-refractivity contribution in [3.8, 4) is 0 Å². The maximum absolute atomic E-state index is 2.30. The van der Waals surface area contributed by atoms with Gasteiger partial charge >= 0.3 is 0 Å². The summed E-state index contributed by atoms with van der Waals surface area (Å²) in [6.45, 7) is 4.60. The van der Waals surface area contributed by atoms with Crippen molar-refractivity contribution in [3.63, 3.8) is 0 Å². The predicted octanol–water partition coefficient (Wildman–Crippen LogP) is 5.25. The van der Waals surface area contributed by atoms with Crippen LogP contribution in [-0.4, -0.2) is 0 Å². The molecule has 0 amide bonds. The van der Waals surface area contributed by atoms with Gasteiger partial charge in [0, 0.05) is 5.92 Å². The van der Waals surface area contributed by atoms with Gasteiger partial charge in [0.25, 0.3) is 0 Å². The predicted molar refractivity (Wildman–Crippen MR) is 78.8 cm³/mol. The molecule has 2 aromatic carbocycles. The van der Waals surface area contributed by atoms with Crippen molar-refractivity contribution in [2.24, 2.45) is 5.92 Å². The van der Waals surface area contributed by atoms with Crippen LogP contribution >= 0.6 is 0 Å². The molecule has 0 saturated heterocycles. The molecule has 2 aromatic rings. The Morgan fingerprint density at radius 3 is 1.50 bits per heavy atom. The largest absolute Gasteiger partial charge is 0.0628 e. The maximum atomic E-state index is 2.30. The minimum Gasteiger partial charge on any atom is -0.0628 e. The molecule has 0 radical (unpaired) electrons. The molecule has 18 heavy (non-hydrogen) atoms. The summed E-state index contributed by atoms with van der Waals surface area (Å²) in [5.74, 6) is 1.30. The Labute approximate surface area is 111 Å². The van der Waals surface area contributed by atoms with Gasteiger partial charge in [-0.2, -0.15) is 0 Å². The summed E-state index contributed by atoms with van der Waals surface area (Å²) >= 11 is 0. The topological polar surface area (TPSA) is 0 Å². The van der Waals surface area contributed by atoms with Crippen molar-refractivity contribution >= 4 is 0 Å². The lowest BCUT2D eigenvalue weighted by Gasteiger charge is -2.19.